The number of para-hydroxylation sites is 1. The number of hydrogen-bond acceptors (Lipinski definition) is 1. The Morgan fingerprint density at radius 3 is 1.43 bits per heavy atom. The molecule has 1 nitrogen and oxygen atoms in total. The lowest BCUT2D eigenvalue weighted by Crippen LogP contribution is -2.27. The van der Waals surface area contributed by atoms with Crippen molar-refractivity contribution in [2.75, 3.05) is 4.90 Å². The first kappa shape index (κ1) is 35.1. The molecule has 63 heavy (non-hydrogen) atoms. The summed E-state index contributed by atoms with van der Waals surface area (Å²) >= 11 is 0. The summed E-state index contributed by atoms with van der Waals surface area (Å²) in [6.07, 6.45) is 7.98. The van der Waals surface area contributed by atoms with Gasteiger partial charge in [0.05, 0.1) is 11.1 Å². The van der Waals surface area contributed by atoms with Crippen molar-refractivity contribution in [1.29, 1.82) is 0 Å². The second-order valence-electron chi connectivity index (χ2n) is 19.3. The number of anilines is 3. The lowest BCUT2D eigenvalue weighted by molar-refractivity contribution is 0.660. The first-order chi connectivity index (χ1) is 31.7. The first-order valence-electron chi connectivity index (χ1n) is 24.4. The van der Waals surface area contributed by atoms with Crippen molar-refractivity contribution in [1.82, 2.24) is 0 Å². The fraction of sp³-hybridized carbons (Fsp3) is 0.226. The maximum Gasteiger partial charge on any atom is 0.0726 e. The zero-order valence-corrected chi connectivity index (χ0v) is 36.3. The van der Waals surface area contributed by atoms with E-state index < -0.39 is 17.2 Å². The maximum absolute atomic E-state index is 9.83. The van der Waals surface area contributed by atoms with E-state index in [0.29, 0.717) is 0 Å². The van der Waals surface area contributed by atoms with E-state index in [-0.39, 0.29) is 5.41 Å². The van der Waals surface area contributed by atoms with Crippen molar-refractivity contribution in [3.63, 3.8) is 0 Å². The van der Waals surface area contributed by atoms with Gasteiger partial charge in [-0.15, -0.1) is 0 Å². The van der Waals surface area contributed by atoms with Crippen molar-refractivity contribution in [2.45, 2.75) is 87.8 Å². The van der Waals surface area contributed by atoms with Gasteiger partial charge in [-0.05, 0) is 151 Å². The van der Waals surface area contributed by atoms with Crippen LogP contribution in [0.2, 0.25) is 0 Å². The number of hydrogen-bond donors (Lipinski definition) is 0. The molecular weight excluding hydrogens is 759 g/mol. The highest BCUT2D eigenvalue weighted by atomic mass is 15.1. The van der Waals surface area contributed by atoms with E-state index in [9.17, 15) is 2.74 Å². The molecule has 0 amide bonds. The molecule has 0 atom stereocenters. The van der Waals surface area contributed by atoms with E-state index in [1.54, 1.807) is 0 Å². The third-order valence-corrected chi connectivity index (χ3v) is 15.7. The molecule has 0 bridgehead atoms. The fourth-order valence-electron chi connectivity index (χ4n) is 12.7. The molecule has 0 saturated heterocycles. The van der Waals surface area contributed by atoms with Crippen molar-refractivity contribution in [3.8, 4) is 44.5 Å². The zero-order chi connectivity index (χ0) is 43.7. The van der Waals surface area contributed by atoms with Crippen LogP contribution in [0.5, 0.6) is 0 Å². The monoisotopic (exact) mass is 813 g/mol. The van der Waals surface area contributed by atoms with Crippen LogP contribution in [0.15, 0.2) is 176 Å². The first-order valence-corrected chi connectivity index (χ1v) is 23.4. The van der Waals surface area contributed by atoms with Crippen LogP contribution >= 0.6 is 0 Å². The Hall–Kier alpha value is -6.44. The van der Waals surface area contributed by atoms with Gasteiger partial charge in [-0.1, -0.05) is 185 Å². The molecule has 5 aliphatic carbocycles. The number of rotatable bonds is 6. The third-order valence-electron chi connectivity index (χ3n) is 15.7. The summed E-state index contributed by atoms with van der Waals surface area (Å²) in [4.78, 5) is 2.51. The Morgan fingerprint density at radius 1 is 0.397 bits per heavy atom. The van der Waals surface area contributed by atoms with Crippen LogP contribution in [0.3, 0.4) is 0 Å². The van der Waals surface area contributed by atoms with Crippen LogP contribution in [-0.4, -0.2) is 0 Å². The third kappa shape index (κ3) is 5.35. The minimum absolute atomic E-state index is 0.161. The molecule has 0 heterocycles. The van der Waals surface area contributed by atoms with E-state index in [2.05, 4.69) is 195 Å². The number of benzene rings is 8. The molecule has 0 aromatic heterocycles. The van der Waals surface area contributed by atoms with Crippen molar-refractivity contribution >= 4 is 17.1 Å². The van der Waals surface area contributed by atoms with Crippen LogP contribution in [0.4, 0.5) is 17.1 Å². The lowest BCUT2D eigenvalue weighted by atomic mass is 9.69. The summed E-state index contributed by atoms with van der Waals surface area (Å²) in [6.45, 7) is 4.74. The molecule has 13 rings (SSSR count). The van der Waals surface area contributed by atoms with E-state index in [0.717, 1.165) is 79.6 Å². The summed E-state index contributed by atoms with van der Waals surface area (Å²) < 4.78 is 19.7. The Labute approximate surface area is 375 Å². The summed E-state index contributed by atoms with van der Waals surface area (Å²) in [7, 11) is 0. The molecule has 1 heteroatoms. The predicted octanol–water partition coefficient (Wildman–Crippen LogP) is 16.8. The normalized spacial score (nSPS) is 18.8. The summed E-state index contributed by atoms with van der Waals surface area (Å²) in [5, 5.41) is 0. The number of fused-ring (bicyclic) bond motifs is 13. The Balaban J connectivity index is 1.09. The molecule has 0 N–H and O–H groups in total. The molecule has 0 radical (unpaired) electrons. The van der Waals surface area contributed by atoms with E-state index in [1.807, 2.05) is 0 Å². The Kier molecular flexibility index (Phi) is 7.81. The van der Waals surface area contributed by atoms with Gasteiger partial charge in [-0.2, -0.15) is 0 Å². The maximum atomic E-state index is 9.83. The minimum atomic E-state index is -0.630. The molecule has 5 aliphatic rings. The SMILES string of the molecule is [2H]C1(c2ccc3c(c2)C2(c4ccccc4-c4ccc(N(c5ccc6c(c5)C(C)(C)c5ccccc5-6)c5ccccc5-c5ccccc5)cc42)c2cc(C4([2H])CCCC4)ccc2-3)CCCC1. The lowest BCUT2D eigenvalue weighted by Gasteiger charge is -2.34. The fourth-order valence-corrected chi connectivity index (χ4v) is 12.7. The van der Waals surface area contributed by atoms with Crippen molar-refractivity contribution in [2.24, 2.45) is 0 Å². The van der Waals surface area contributed by atoms with Gasteiger partial charge in [0.1, 0.15) is 0 Å². The molecule has 2 fully saturated rings. The van der Waals surface area contributed by atoms with Crippen molar-refractivity contribution in [3.05, 3.63) is 220 Å². The smallest absolute Gasteiger partial charge is 0.0726 e. The molecule has 8 aromatic rings. The highest BCUT2D eigenvalue weighted by Gasteiger charge is 2.52. The van der Waals surface area contributed by atoms with Crippen LogP contribution < -0.4 is 4.90 Å². The van der Waals surface area contributed by atoms with E-state index >= 15 is 0 Å². The standard InChI is InChI=1S/C62H53N/c1-61(2)54-25-13-10-23-48(54)50-34-30-45(38-56(50)61)63(60-27-15-12-22-47(60)42-20-4-3-5-21-42)46-31-35-53-49-24-11-14-26-55(49)62(59(53)39-46)57-36-43(40-16-6-7-17-40)28-32-51(57)52-33-29-44(37-58(52)62)41-18-8-9-19-41/h3-5,10-15,20-41H,6-9,16-19H2,1-2H3/i40D,41D. The summed E-state index contributed by atoms with van der Waals surface area (Å²) in [6, 6.07) is 66.3. The van der Waals surface area contributed by atoms with Gasteiger partial charge in [0, 0.05) is 25.1 Å². The van der Waals surface area contributed by atoms with Gasteiger partial charge in [0.15, 0.2) is 0 Å². The zero-order valence-electron chi connectivity index (χ0n) is 38.3. The van der Waals surface area contributed by atoms with E-state index in [1.165, 1.54) is 77.9 Å². The predicted molar refractivity (Wildman–Crippen MR) is 263 cm³/mol. The second kappa shape index (κ2) is 14.0. The van der Waals surface area contributed by atoms with Gasteiger partial charge in [0.25, 0.3) is 0 Å². The molecule has 8 aromatic carbocycles. The summed E-state index contributed by atoms with van der Waals surface area (Å²) in [5.74, 6) is -1.18. The average molecular weight is 814 g/mol. The Bertz CT molecular complexity index is 3170. The van der Waals surface area contributed by atoms with Gasteiger partial charge in [0.2, 0.25) is 0 Å². The quantitative estimate of drug-likeness (QED) is 0.162. The van der Waals surface area contributed by atoms with E-state index in [4.69, 9.17) is 0 Å². The van der Waals surface area contributed by atoms with Gasteiger partial charge >= 0.3 is 0 Å². The molecule has 1 spiro atoms. The van der Waals surface area contributed by atoms with Crippen molar-refractivity contribution < 1.29 is 2.74 Å². The second-order valence-corrected chi connectivity index (χ2v) is 19.3. The molecule has 2 saturated carbocycles. The molecule has 0 aliphatic heterocycles. The average Bonchev–Trinajstić information content (AvgIpc) is 4.17. The molecular formula is C62H53N. The highest BCUT2D eigenvalue weighted by molar-refractivity contribution is 5.98. The minimum Gasteiger partial charge on any atom is -0.310 e. The number of nitrogens with zero attached hydrogens (tertiary/aromatic N) is 1. The molecule has 0 unspecified atom stereocenters. The van der Waals surface area contributed by atoms with Crippen LogP contribution in [0.1, 0.15) is 124 Å². The Morgan fingerprint density at radius 2 is 0.825 bits per heavy atom. The summed E-state index contributed by atoms with van der Waals surface area (Å²) in [5.41, 5.74) is 22.7. The van der Waals surface area contributed by atoms with Gasteiger partial charge in [-0.25, -0.2) is 0 Å². The molecule has 306 valence electrons. The van der Waals surface area contributed by atoms with Gasteiger partial charge in [-0.3, -0.25) is 0 Å². The van der Waals surface area contributed by atoms with Crippen LogP contribution in [-0.2, 0) is 10.8 Å². The highest BCUT2D eigenvalue weighted by Crippen LogP contribution is 2.64. The largest absolute Gasteiger partial charge is 0.310 e. The van der Waals surface area contributed by atoms with Gasteiger partial charge < -0.3 is 4.90 Å². The van der Waals surface area contributed by atoms with Crippen LogP contribution in [0, 0.1) is 0 Å². The van der Waals surface area contributed by atoms with Crippen LogP contribution in [0.25, 0.3) is 44.5 Å². The topological polar surface area (TPSA) is 3.24 Å².